The monoisotopic (exact) mass is 299 g/mol. The first kappa shape index (κ1) is 15.1. The smallest absolute Gasteiger partial charge is 0.164 e. The predicted molar refractivity (Wildman–Crippen MR) is 81.7 cm³/mol. The van der Waals surface area contributed by atoms with Gasteiger partial charge in [-0.15, -0.1) is 0 Å². The third-order valence-electron chi connectivity index (χ3n) is 3.23. The highest BCUT2D eigenvalue weighted by molar-refractivity contribution is 6.30. The first-order chi connectivity index (χ1) is 10.1. The average Bonchev–Trinajstić information content (AvgIpc) is 2.53. The molecule has 0 aromatic heterocycles. The molecule has 2 aromatic rings. The predicted octanol–water partition coefficient (Wildman–Crippen LogP) is 4.23. The molecule has 2 aromatic carbocycles. The Morgan fingerprint density at radius 2 is 1.81 bits per heavy atom. The molecule has 0 aliphatic rings. The van der Waals surface area contributed by atoms with Crippen molar-refractivity contribution >= 4 is 17.4 Å². The van der Waals surface area contributed by atoms with Crippen LogP contribution in [0.5, 0.6) is 5.75 Å². The molecule has 4 heteroatoms. The SMILES string of the molecule is COc1ccc(C(=O)CC(C#N)c2ccc(Cl)cc2)cc1. The number of halogens is 1. The molecule has 0 spiro atoms. The number of nitrogens with zero attached hydrogens (tertiary/aromatic N) is 1. The maximum Gasteiger partial charge on any atom is 0.164 e. The molecule has 0 amide bonds. The van der Waals surface area contributed by atoms with Gasteiger partial charge in [0.1, 0.15) is 5.75 Å². The van der Waals surface area contributed by atoms with Crippen molar-refractivity contribution in [1.29, 1.82) is 5.26 Å². The summed E-state index contributed by atoms with van der Waals surface area (Å²) < 4.78 is 5.06. The van der Waals surface area contributed by atoms with Crippen molar-refractivity contribution in [1.82, 2.24) is 0 Å². The minimum atomic E-state index is -0.475. The number of ether oxygens (including phenoxy) is 1. The Morgan fingerprint density at radius 3 is 2.33 bits per heavy atom. The fraction of sp³-hybridized carbons (Fsp3) is 0.176. The van der Waals surface area contributed by atoms with Gasteiger partial charge in [0, 0.05) is 17.0 Å². The van der Waals surface area contributed by atoms with E-state index in [4.69, 9.17) is 16.3 Å². The molecule has 0 aliphatic heterocycles. The maximum atomic E-state index is 12.2. The minimum absolute atomic E-state index is 0.0702. The molecule has 21 heavy (non-hydrogen) atoms. The van der Waals surface area contributed by atoms with Crippen molar-refractivity contribution in [3.63, 3.8) is 0 Å². The number of carbonyl (C=O) groups is 1. The Hall–Kier alpha value is -2.31. The lowest BCUT2D eigenvalue weighted by Gasteiger charge is -2.09. The molecule has 1 unspecified atom stereocenters. The lowest BCUT2D eigenvalue weighted by molar-refractivity contribution is 0.0979. The molecule has 106 valence electrons. The topological polar surface area (TPSA) is 50.1 Å². The van der Waals surface area contributed by atoms with Gasteiger partial charge in [0.15, 0.2) is 5.78 Å². The van der Waals surface area contributed by atoms with E-state index in [1.807, 2.05) is 0 Å². The first-order valence-electron chi connectivity index (χ1n) is 6.46. The second kappa shape index (κ2) is 6.92. The molecule has 1 atom stereocenters. The quantitative estimate of drug-likeness (QED) is 0.776. The zero-order valence-electron chi connectivity index (χ0n) is 11.5. The van der Waals surface area contributed by atoms with E-state index in [9.17, 15) is 10.1 Å². The van der Waals surface area contributed by atoms with E-state index in [1.54, 1.807) is 55.6 Å². The summed E-state index contributed by atoms with van der Waals surface area (Å²) in [4.78, 5) is 12.2. The van der Waals surface area contributed by atoms with Crippen molar-refractivity contribution in [3.05, 3.63) is 64.7 Å². The molecular weight excluding hydrogens is 286 g/mol. The van der Waals surface area contributed by atoms with Crippen LogP contribution >= 0.6 is 11.6 Å². The molecular formula is C17H14ClNO2. The molecule has 0 bridgehead atoms. The zero-order valence-corrected chi connectivity index (χ0v) is 12.3. The summed E-state index contributed by atoms with van der Waals surface area (Å²) in [5.74, 6) is 0.150. The Balaban J connectivity index is 2.12. The molecule has 0 fully saturated rings. The summed E-state index contributed by atoms with van der Waals surface area (Å²) in [6, 6.07) is 16.0. The molecule has 0 saturated heterocycles. The molecule has 0 N–H and O–H groups in total. The summed E-state index contributed by atoms with van der Waals surface area (Å²) in [6.07, 6.45) is 0.143. The molecule has 0 saturated carbocycles. The second-order valence-corrected chi connectivity index (χ2v) is 5.03. The van der Waals surface area contributed by atoms with E-state index in [2.05, 4.69) is 6.07 Å². The first-order valence-corrected chi connectivity index (χ1v) is 6.84. The van der Waals surface area contributed by atoms with E-state index >= 15 is 0 Å². The minimum Gasteiger partial charge on any atom is -0.497 e. The van der Waals surface area contributed by atoms with E-state index in [1.165, 1.54) is 0 Å². The Morgan fingerprint density at radius 1 is 1.19 bits per heavy atom. The summed E-state index contributed by atoms with van der Waals surface area (Å²) in [7, 11) is 1.57. The number of hydrogen-bond donors (Lipinski definition) is 0. The third-order valence-corrected chi connectivity index (χ3v) is 3.48. The Labute approximate surface area is 128 Å². The van der Waals surface area contributed by atoms with Gasteiger partial charge in [-0.1, -0.05) is 23.7 Å². The van der Waals surface area contributed by atoms with Crippen LogP contribution in [-0.4, -0.2) is 12.9 Å². The summed E-state index contributed by atoms with van der Waals surface area (Å²) in [5.41, 5.74) is 1.37. The van der Waals surface area contributed by atoms with Gasteiger partial charge in [0.05, 0.1) is 19.1 Å². The zero-order chi connectivity index (χ0) is 15.2. The second-order valence-electron chi connectivity index (χ2n) is 4.59. The summed E-state index contributed by atoms with van der Waals surface area (Å²) in [5, 5.41) is 9.88. The maximum absolute atomic E-state index is 12.2. The molecule has 0 radical (unpaired) electrons. The Kier molecular flexibility index (Phi) is 4.97. The molecule has 3 nitrogen and oxygen atoms in total. The highest BCUT2D eigenvalue weighted by atomic mass is 35.5. The van der Waals surface area contributed by atoms with Crippen molar-refractivity contribution in [2.75, 3.05) is 7.11 Å². The fourth-order valence-corrected chi connectivity index (χ4v) is 2.14. The van der Waals surface area contributed by atoms with Crippen molar-refractivity contribution in [2.24, 2.45) is 0 Å². The van der Waals surface area contributed by atoms with Gasteiger partial charge in [0.25, 0.3) is 0 Å². The van der Waals surface area contributed by atoms with Crippen molar-refractivity contribution < 1.29 is 9.53 Å². The largest absolute Gasteiger partial charge is 0.497 e. The van der Waals surface area contributed by atoms with E-state index in [-0.39, 0.29) is 12.2 Å². The van der Waals surface area contributed by atoms with Crippen LogP contribution in [0.2, 0.25) is 5.02 Å². The van der Waals surface area contributed by atoms with Gasteiger partial charge in [0.2, 0.25) is 0 Å². The molecule has 0 aliphatic carbocycles. The van der Waals surface area contributed by atoms with Crippen LogP contribution in [0, 0.1) is 11.3 Å². The number of ketones is 1. The van der Waals surface area contributed by atoms with Gasteiger partial charge < -0.3 is 4.74 Å². The van der Waals surface area contributed by atoms with Crippen molar-refractivity contribution in [3.8, 4) is 11.8 Å². The number of benzene rings is 2. The van der Waals surface area contributed by atoms with Gasteiger partial charge in [-0.05, 0) is 42.0 Å². The van der Waals surface area contributed by atoms with Crippen LogP contribution in [0.25, 0.3) is 0 Å². The van der Waals surface area contributed by atoms with Crippen LogP contribution < -0.4 is 4.74 Å². The van der Waals surface area contributed by atoms with E-state index in [0.29, 0.717) is 16.3 Å². The number of Topliss-reactive ketones (excluding diaryl/α,β-unsaturated/α-hetero) is 1. The highest BCUT2D eigenvalue weighted by Gasteiger charge is 2.16. The molecule has 0 heterocycles. The van der Waals surface area contributed by atoms with Gasteiger partial charge in [-0.3, -0.25) is 4.79 Å². The van der Waals surface area contributed by atoms with Gasteiger partial charge in [-0.25, -0.2) is 0 Å². The van der Waals surface area contributed by atoms with Crippen LogP contribution in [0.3, 0.4) is 0 Å². The van der Waals surface area contributed by atoms with Gasteiger partial charge >= 0.3 is 0 Å². The lowest BCUT2D eigenvalue weighted by atomic mass is 9.93. The summed E-state index contributed by atoms with van der Waals surface area (Å²) in [6.45, 7) is 0. The van der Waals surface area contributed by atoms with E-state index in [0.717, 1.165) is 5.56 Å². The van der Waals surface area contributed by atoms with E-state index < -0.39 is 5.92 Å². The Bertz CT molecular complexity index is 657. The van der Waals surface area contributed by atoms with Crippen LogP contribution in [0.4, 0.5) is 0 Å². The normalized spacial score (nSPS) is 11.5. The summed E-state index contributed by atoms with van der Waals surface area (Å²) >= 11 is 5.83. The number of carbonyl (C=O) groups excluding carboxylic acids is 1. The van der Waals surface area contributed by atoms with Crippen LogP contribution in [0.1, 0.15) is 28.3 Å². The number of methoxy groups -OCH3 is 1. The van der Waals surface area contributed by atoms with Crippen LogP contribution in [-0.2, 0) is 0 Å². The number of rotatable bonds is 5. The van der Waals surface area contributed by atoms with Crippen LogP contribution in [0.15, 0.2) is 48.5 Å². The lowest BCUT2D eigenvalue weighted by Crippen LogP contribution is -2.06. The van der Waals surface area contributed by atoms with Gasteiger partial charge in [-0.2, -0.15) is 5.26 Å². The third kappa shape index (κ3) is 3.84. The molecule has 2 rings (SSSR count). The number of hydrogen-bond acceptors (Lipinski definition) is 3. The average molecular weight is 300 g/mol. The van der Waals surface area contributed by atoms with Crippen molar-refractivity contribution in [2.45, 2.75) is 12.3 Å². The standard InChI is InChI=1S/C17H14ClNO2/c1-21-16-8-4-13(5-9-16)17(20)10-14(11-19)12-2-6-15(18)7-3-12/h2-9,14H,10H2,1H3. The number of nitriles is 1. The fourth-order valence-electron chi connectivity index (χ4n) is 2.01. The highest BCUT2D eigenvalue weighted by Crippen LogP contribution is 2.23.